The second kappa shape index (κ2) is 4.78. The summed E-state index contributed by atoms with van der Waals surface area (Å²) in [6, 6.07) is 4.48. The second-order valence-corrected chi connectivity index (χ2v) is 5.18. The number of nitrogens with one attached hydrogen (secondary N) is 1. The lowest BCUT2D eigenvalue weighted by Crippen LogP contribution is -2.40. The van der Waals surface area contributed by atoms with Crippen LogP contribution in [0.3, 0.4) is 0 Å². The lowest BCUT2D eigenvalue weighted by atomic mass is 9.96. The Hall–Kier alpha value is -1.68. The van der Waals surface area contributed by atoms with Crippen molar-refractivity contribution in [1.82, 2.24) is 9.88 Å². The zero-order chi connectivity index (χ0) is 13.4. The van der Waals surface area contributed by atoms with Crippen molar-refractivity contribution in [2.24, 2.45) is 7.05 Å². The van der Waals surface area contributed by atoms with Gasteiger partial charge in [0, 0.05) is 24.2 Å². The largest absolute Gasteiger partial charge is 0.350 e. The van der Waals surface area contributed by atoms with Crippen LogP contribution < -0.4 is 5.32 Å². The van der Waals surface area contributed by atoms with Crippen LogP contribution in [0, 0.1) is 5.82 Å². The minimum absolute atomic E-state index is 0.0931. The standard InChI is InChI=1S/C15H17FN2O/c1-18-9-12(11-6-5-10(16)8-14(11)18)15(19)13-4-2-3-7-17-13/h5-6,8-9,13,17H,2-4,7H2,1H3. The van der Waals surface area contributed by atoms with Crippen LogP contribution in [0.5, 0.6) is 0 Å². The number of ketones is 1. The molecular formula is C15H17FN2O. The van der Waals surface area contributed by atoms with E-state index in [-0.39, 0.29) is 17.6 Å². The number of aryl methyl sites for hydroxylation is 1. The fourth-order valence-electron chi connectivity index (χ4n) is 2.82. The first-order valence-corrected chi connectivity index (χ1v) is 6.69. The Kier molecular flexibility index (Phi) is 3.11. The summed E-state index contributed by atoms with van der Waals surface area (Å²) in [5.41, 5.74) is 1.45. The van der Waals surface area contributed by atoms with Gasteiger partial charge in [0.1, 0.15) is 5.82 Å². The maximum absolute atomic E-state index is 13.3. The summed E-state index contributed by atoms with van der Waals surface area (Å²) in [6.07, 6.45) is 4.91. The van der Waals surface area contributed by atoms with Gasteiger partial charge in [-0.15, -0.1) is 0 Å². The SMILES string of the molecule is Cn1cc(C(=O)C2CCCCN2)c2ccc(F)cc21. The predicted molar refractivity (Wildman–Crippen MR) is 72.8 cm³/mol. The van der Waals surface area contributed by atoms with Crippen LogP contribution in [0.1, 0.15) is 29.6 Å². The molecule has 3 rings (SSSR count). The number of halogens is 1. The molecule has 0 bridgehead atoms. The van der Waals surface area contributed by atoms with Crippen molar-refractivity contribution in [2.45, 2.75) is 25.3 Å². The number of piperidine rings is 1. The van der Waals surface area contributed by atoms with E-state index in [1.54, 1.807) is 6.07 Å². The molecule has 4 heteroatoms. The molecule has 100 valence electrons. The number of benzene rings is 1. The third-order valence-electron chi connectivity index (χ3n) is 3.84. The molecule has 0 aliphatic carbocycles. The molecule has 1 aliphatic heterocycles. The first-order chi connectivity index (χ1) is 9.16. The summed E-state index contributed by atoms with van der Waals surface area (Å²) in [4.78, 5) is 12.5. The molecule has 1 aromatic carbocycles. The molecule has 0 saturated carbocycles. The van der Waals surface area contributed by atoms with Crippen LogP contribution in [0.4, 0.5) is 4.39 Å². The van der Waals surface area contributed by atoms with Gasteiger partial charge in [0.25, 0.3) is 0 Å². The summed E-state index contributed by atoms with van der Waals surface area (Å²) in [7, 11) is 1.84. The molecule has 2 aromatic rings. The average Bonchev–Trinajstić information content (AvgIpc) is 2.76. The van der Waals surface area contributed by atoms with Gasteiger partial charge in [0.05, 0.1) is 11.6 Å². The van der Waals surface area contributed by atoms with Gasteiger partial charge in [0.15, 0.2) is 5.78 Å². The van der Waals surface area contributed by atoms with Crippen LogP contribution in [-0.4, -0.2) is 22.9 Å². The zero-order valence-electron chi connectivity index (χ0n) is 10.9. The highest BCUT2D eigenvalue weighted by Gasteiger charge is 2.24. The van der Waals surface area contributed by atoms with E-state index in [0.29, 0.717) is 5.56 Å². The second-order valence-electron chi connectivity index (χ2n) is 5.18. The topological polar surface area (TPSA) is 34.0 Å². The van der Waals surface area contributed by atoms with Crippen LogP contribution >= 0.6 is 0 Å². The van der Waals surface area contributed by atoms with Gasteiger partial charge in [-0.1, -0.05) is 6.42 Å². The number of carbonyl (C=O) groups excluding carboxylic acids is 1. The van der Waals surface area contributed by atoms with Gasteiger partial charge < -0.3 is 9.88 Å². The molecule has 2 heterocycles. The van der Waals surface area contributed by atoms with Crippen molar-refractivity contribution in [1.29, 1.82) is 0 Å². The quantitative estimate of drug-likeness (QED) is 0.842. The van der Waals surface area contributed by atoms with Crippen molar-refractivity contribution in [3.8, 4) is 0 Å². The molecule has 1 saturated heterocycles. The number of hydrogen-bond acceptors (Lipinski definition) is 2. The fraction of sp³-hybridized carbons (Fsp3) is 0.400. The van der Waals surface area contributed by atoms with E-state index in [1.165, 1.54) is 12.1 Å². The Balaban J connectivity index is 2.02. The molecule has 19 heavy (non-hydrogen) atoms. The van der Waals surface area contributed by atoms with Crippen molar-refractivity contribution < 1.29 is 9.18 Å². The molecule has 1 atom stereocenters. The van der Waals surface area contributed by atoms with Gasteiger partial charge in [-0.05, 0) is 37.6 Å². The third kappa shape index (κ3) is 2.16. The van der Waals surface area contributed by atoms with E-state index >= 15 is 0 Å². The van der Waals surface area contributed by atoms with Crippen molar-refractivity contribution in [2.75, 3.05) is 6.54 Å². The summed E-state index contributed by atoms with van der Waals surface area (Å²) in [5, 5.41) is 4.10. The Bertz CT molecular complexity index is 626. The molecule has 0 amide bonds. The number of Topliss-reactive ketones (excluding diaryl/α,β-unsaturated/α-hetero) is 1. The molecule has 1 N–H and O–H groups in total. The number of fused-ring (bicyclic) bond motifs is 1. The van der Waals surface area contributed by atoms with E-state index in [4.69, 9.17) is 0 Å². The molecule has 1 fully saturated rings. The van der Waals surface area contributed by atoms with Crippen LogP contribution in [0.15, 0.2) is 24.4 Å². The van der Waals surface area contributed by atoms with Crippen LogP contribution in [0.2, 0.25) is 0 Å². The lowest BCUT2D eigenvalue weighted by Gasteiger charge is -2.21. The van der Waals surface area contributed by atoms with Crippen molar-refractivity contribution >= 4 is 16.7 Å². The van der Waals surface area contributed by atoms with E-state index in [9.17, 15) is 9.18 Å². The minimum Gasteiger partial charge on any atom is -0.350 e. The summed E-state index contributed by atoms with van der Waals surface area (Å²) in [6.45, 7) is 0.899. The normalized spacial score (nSPS) is 19.8. The highest BCUT2D eigenvalue weighted by molar-refractivity contribution is 6.10. The van der Waals surface area contributed by atoms with Crippen molar-refractivity contribution in [3.05, 3.63) is 35.8 Å². The van der Waals surface area contributed by atoms with E-state index in [0.717, 1.165) is 36.7 Å². The lowest BCUT2D eigenvalue weighted by molar-refractivity contribution is 0.0928. The summed E-state index contributed by atoms with van der Waals surface area (Å²) < 4.78 is 15.1. The average molecular weight is 260 g/mol. The number of rotatable bonds is 2. The summed E-state index contributed by atoms with van der Waals surface area (Å²) >= 11 is 0. The van der Waals surface area contributed by atoms with E-state index in [2.05, 4.69) is 5.32 Å². The van der Waals surface area contributed by atoms with Gasteiger partial charge in [-0.2, -0.15) is 0 Å². The van der Waals surface area contributed by atoms with Crippen molar-refractivity contribution in [3.63, 3.8) is 0 Å². The Morgan fingerprint density at radius 3 is 3.00 bits per heavy atom. The number of hydrogen-bond donors (Lipinski definition) is 1. The Morgan fingerprint density at radius 1 is 1.42 bits per heavy atom. The molecule has 3 nitrogen and oxygen atoms in total. The molecule has 1 aliphatic rings. The Morgan fingerprint density at radius 2 is 2.26 bits per heavy atom. The molecule has 0 spiro atoms. The Labute approximate surface area is 111 Å². The van der Waals surface area contributed by atoms with Gasteiger partial charge in [-0.3, -0.25) is 4.79 Å². The maximum atomic E-state index is 13.3. The molecule has 1 aromatic heterocycles. The molecule has 0 radical (unpaired) electrons. The molecular weight excluding hydrogens is 243 g/mol. The highest BCUT2D eigenvalue weighted by Crippen LogP contribution is 2.24. The molecule has 1 unspecified atom stereocenters. The number of nitrogens with zero attached hydrogens (tertiary/aromatic N) is 1. The smallest absolute Gasteiger partial charge is 0.181 e. The minimum atomic E-state index is -0.275. The fourth-order valence-corrected chi connectivity index (χ4v) is 2.82. The number of aromatic nitrogens is 1. The van der Waals surface area contributed by atoms with Gasteiger partial charge in [0.2, 0.25) is 0 Å². The zero-order valence-corrected chi connectivity index (χ0v) is 10.9. The maximum Gasteiger partial charge on any atom is 0.181 e. The van der Waals surface area contributed by atoms with Crippen LogP contribution in [0.25, 0.3) is 10.9 Å². The highest BCUT2D eigenvalue weighted by atomic mass is 19.1. The first kappa shape index (κ1) is 12.4. The first-order valence-electron chi connectivity index (χ1n) is 6.69. The van der Waals surface area contributed by atoms with Crippen LogP contribution in [-0.2, 0) is 7.05 Å². The monoisotopic (exact) mass is 260 g/mol. The van der Waals surface area contributed by atoms with Gasteiger partial charge >= 0.3 is 0 Å². The third-order valence-corrected chi connectivity index (χ3v) is 3.84. The van der Waals surface area contributed by atoms with Gasteiger partial charge in [-0.25, -0.2) is 4.39 Å². The predicted octanol–water partition coefficient (Wildman–Crippen LogP) is 2.64. The van der Waals surface area contributed by atoms with E-state index < -0.39 is 0 Å². The number of carbonyl (C=O) groups is 1. The summed E-state index contributed by atoms with van der Waals surface area (Å²) in [5.74, 6) is -0.152. The van der Waals surface area contributed by atoms with E-state index in [1.807, 2.05) is 17.8 Å².